The number of nitro groups is 1. The lowest BCUT2D eigenvalue weighted by atomic mass is 9.89. The molecule has 1 aromatic carbocycles. The summed E-state index contributed by atoms with van der Waals surface area (Å²) in [5, 5.41) is 14.0. The van der Waals surface area contributed by atoms with Crippen LogP contribution in [-0.2, 0) is 0 Å². The highest BCUT2D eigenvalue weighted by molar-refractivity contribution is 9.10. The number of non-ortho nitro benzene ring substituents is 1. The fourth-order valence-electron chi connectivity index (χ4n) is 2.41. The van der Waals surface area contributed by atoms with Crippen molar-refractivity contribution in [1.29, 1.82) is 0 Å². The zero-order valence-electron chi connectivity index (χ0n) is 10.2. The summed E-state index contributed by atoms with van der Waals surface area (Å²) in [6.45, 7) is 0.955. The molecule has 0 heterocycles. The van der Waals surface area contributed by atoms with Crippen molar-refractivity contribution in [3.63, 3.8) is 0 Å². The molecular weight excluding hydrogens is 296 g/mol. The molecule has 0 aliphatic heterocycles. The Morgan fingerprint density at radius 3 is 2.67 bits per heavy atom. The molecule has 0 bridgehead atoms. The quantitative estimate of drug-likeness (QED) is 0.664. The minimum Gasteiger partial charge on any atom is -0.384 e. The maximum Gasteiger partial charge on any atom is 0.270 e. The van der Waals surface area contributed by atoms with Gasteiger partial charge < -0.3 is 5.32 Å². The normalized spacial score (nSPS) is 16.5. The number of rotatable bonds is 4. The molecule has 0 radical (unpaired) electrons. The average Bonchev–Trinajstić information content (AvgIpc) is 2.38. The van der Waals surface area contributed by atoms with Crippen molar-refractivity contribution in [3.8, 4) is 0 Å². The van der Waals surface area contributed by atoms with Crippen LogP contribution in [-0.4, -0.2) is 11.5 Å². The van der Waals surface area contributed by atoms with Crippen molar-refractivity contribution in [2.75, 3.05) is 11.9 Å². The number of anilines is 1. The molecule has 1 saturated carbocycles. The summed E-state index contributed by atoms with van der Waals surface area (Å²) >= 11 is 3.37. The van der Waals surface area contributed by atoms with Gasteiger partial charge in [-0.05, 0) is 40.8 Å². The highest BCUT2D eigenvalue weighted by Gasteiger charge is 2.14. The summed E-state index contributed by atoms with van der Waals surface area (Å²) in [7, 11) is 0. The summed E-state index contributed by atoms with van der Waals surface area (Å²) < 4.78 is 0.757. The largest absolute Gasteiger partial charge is 0.384 e. The molecule has 0 unspecified atom stereocenters. The van der Waals surface area contributed by atoms with E-state index < -0.39 is 0 Å². The van der Waals surface area contributed by atoms with Crippen LogP contribution in [0.5, 0.6) is 0 Å². The summed E-state index contributed by atoms with van der Waals surface area (Å²) in [5.74, 6) is 0.737. The SMILES string of the molecule is O=[N+]([O-])c1ccc(NCC2CCCCC2)c(Br)c1. The first-order valence-electron chi connectivity index (χ1n) is 6.34. The summed E-state index contributed by atoms with van der Waals surface area (Å²) in [4.78, 5) is 10.3. The van der Waals surface area contributed by atoms with Gasteiger partial charge in [-0.15, -0.1) is 0 Å². The topological polar surface area (TPSA) is 55.2 Å². The molecule has 0 aromatic heterocycles. The van der Waals surface area contributed by atoms with Gasteiger partial charge in [-0.3, -0.25) is 10.1 Å². The lowest BCUT2D eigenvalue weighted by Gasteiger charge is -2.22. The van der Waals surface area contributed by atoms with E-state index in [1.165, 1.54) is 38.2 Å². The van der Waals surface area contributed by atoms with E-state index >= 15 is 0 Å². The second-order valence-corrected chi connectivity index (χ2v) is 5.66. The molecule has 2 rings (SSSR count). The lowest BCUT2D eigenvalue weighted by molar-refractivity contribution is -0.384. The number of nitro benzene ring substituents is 1. The van der Waals surface area contributed by atoms with Gasteiger partial charge in [-0.1, -0.05) is 19.3 Å². The van der Waals surface area contributed by atoms with E-state index in [0.29, 0.717) is 0 Å². The predicted molar refractivity (Wildman–Crippen MR) is 75.9 cm³/mol. The van der Waals surface area contributed by atoms with Crippen molar-refractivity contribution in [3.05, 3.63) is 32.8 Å². The van der Waals surface area contributed by atoms with Crippen LogP contribution >= 0.6 is 15.9 Å². The zero-order chi connectivity index (χ0) is 13.0. The number of hydrogen-bond donors (Lipinski definition) is 1. The van der Waals surface area contributed by atoms with Crippen LogP contribution in [0.3, 0.4) is 0 Å². The van der Waals surface area contributed by atoms with Crippen molar-refractivity contribution in [2.24, 2.45) is 5.92 Å². The van der Waals surface area contributed by atoms with Gasteiger partial charge in [0, 0.05) is 28.8 Å². The van der Waals surface area contributed by atoms with Gasteiger partial charge in [0.25, 0.3) is 5.69 Å². The van der Waals surface area contributed by atoms with Crippen LogP contribution in [0.1, 0.15) is 32.1 Å². The molecule has 18 heavy (non-hydrogen) atoms. The van der Waals surface area contributed by atoms with Gasteiger partial charge in [0.15, 0.2) is 0 Å². The number of benzene rings is 1. The summed E-state index contributed by atoms with van der Waals surface area (Å²) in [5.41, 5.74) is 1.05. The molecule has 1 aliphatic carbocycles. The van der Waals surface area contributed by atoms with E-state index in [9.17, 15) is 10.1 Å². The Kier molecular flexibility index (Phi) is 4.58. The third-order valence-electron chi connectivity index (χ3n) is 3.47. The highest BCUT2D eigenvalue weighted by Crippen LogP contribution is 2.29. The summed E-state index contributed by atoms with van der Waals surface area (Å²) in [6, 6.07) is 4.85. The standard InChI is InChI=1S/C13H17BrN2O2/c14-12-8-11(16(17)18)6-7-13(12)15-9-10-4-2-1-3-5-10/h6-8,10,15H,1-5,9H2. The fraction of sp³-hybridized carbons (Fsp3) is 0.538. The molecule has 0 atom stereocenters. The molecule has 98 valence electrons. The van der Waals surface area contributed by atoms with Crippen LogP contribution in [0, 0.1) is 16.0 Å². The van der Waals surface area contributed by atoms with Crippen LogP contribution in [0.4, 0.5) is 11.4 Å². The molecular formula is C13H17BrN2O2. The second-order valence-electron chi connectivity index (χ2n) is 4.81. The Labute approximate surface area is 115 Å². The van der Waals surface area contributed by atoms with E-state index in [-0.39, 0.29) is 10.6 Å². The van der Waals surface area contributed by atoms with Crippen molar-refractivity contribution < 1.29 is 4.92 Å². The van der Waals surface area contributed by atoms with Gasteiger partial charge in [0.05, 0.1) is 4.92 Å². The van der Waals surface area contributed by atoms with Crippen LogP contribution in [0.25, 0.3) is 0 Å². The Bertz CT molecular complexity index is 431. The maximum absolute atomic E-state index is 10.6. The van der Waals surface area contributed by atoms with E-state index in [1.807, 2.05) is 0 Å². The zero-order valence-corrected chi connectivity index (χ0v) is 11.8. The minimum absolute atomic E-state index is 0.116. The highest BCUT2D eigenvalue weighted by atomic mass is 79.9. The smallest absolute Gasteiger partial charge is 0.270 e. The minimum atomic E-state index is -0.379. The average molecular weight is 313 g/mol. The van der Waals surface area contributed by atoms with E-state index in [1.54, 1.807) is 12.1 Å². The molecule has 1 fully saturated rings. The van der Waals surface area contributed by atoms with E-state index in [2.05, 4.69) is 21.2 Å². The van der Waals surface area contributed by atoms with Crippen molar-refractivity contribution >= 4 is 27.3 Å². The van der Waals surface area contributed by atoms with Crippen LogP contribution in [0.15, 0.2) is 22.7 Å². The van der Waals surface area contributed by atoms with Crippen molar-refractivity contribution in [1.82, 2.24) is 0 Å². The molecule has 0 spiro atoms. The molecule has 0 saturated heterocycles. The van der Waals surface area contributed by atoms with Gasteiger partial charge in [0.1, 0.15) is 0 Å². The first-order valence-corrected chi connectivity index (χ1v) is 7.14. The number of nitrogens with one attached hydrogen (secondary N) is 1. The third-order valence-corrected chi connectivity index (χ3v) is 4.13. The number of hydrogen-bond acceptors (Lipinski definition) is 3. The Morgan fingerprint density at radius 2 is 2.06 bits per heavy atom. The van der Waals surface area contributed by atoms with Crippen molar-refractivity contribution in [2.45, 2.75) is 32.1 Å². The molecule has 1 aromatic rings. The molecule has 1 N–H and O–H groups in total. The number of nitrogens with zero attached hydrogens (tertiary/aromatic N) is 1. The van der Waals surface area contributed by atoms with Gasteiger partial charge in [0.2, 0.25) is 0 Å². The molecule has 0 amide bonds. The van der Waals surface area contributed by atoms with E-state index in [0.717, 1.165) is 22.6 Å². The maximum atomic E-state index is 10.6. The Balaban J connectivity index is 1.94. The van der Waals surface area contributed by atoms with Gasteiger partial charge >= 0.3 is 0 Å². The van der Waals surface area contributed by atoms with Gasteiger partial charge in [-0.2, -0.15) is 0 Å². The first kappa shape index (κ1) is 13.3. The lowest BCUT2D eigenvalue weighted by Crippen LogP contribution is -2.17. The van der Waals surface area contributed by atoms with Gasteiger partial charge in [-0.25, -0.2) is 0 Å². The molecule has 4 nitrogen and oxygen atoms in total. The molecule has 5 heteroatoms. The summed E-state index contributed by atoms with van der Waals surface area (Å²) in [6.07, 6.45) is 6.59. The first-order chi connectivity index (χ1) is 8.66. The van der Waals surface area contributed by atoms with Crippen LogP contribution < -0.4 is 5.32 Å². The second kappa shape index (κ2) is 6.18. The predicted octanol–water partition coefficient (Wildman–Crippen LogP) is 4.35. The monoisotopic (exact) mass is 312 g/mol. The Hall–Kier alpha value is -1.10. The number of halogens is 1. The third kappa shape index (κ3) is 3.45. The molecule has 1 aliphatic rings. The van der Waals surface area contributed by atoms with Crippen LogP contribution in [0.2, 0.25) is 0 Å². The van der Waals surface area contributed by atoms with E-state index in [4.69, 9.17) is 0 Å². The Morgan fingerprint density at radius 1 is 1.33 bits per heavy atom. The fourth-order valence-corrected chi connectivity index (χ4v) is 2.91.